The van der Waals surface area contributed by atoms with E-state index in [1.54, 1.807) is 12.1 Å². The van der Waals surface area contributed by atoms with Gasteiger partial charge >= 0.3 is 5.97 Å². The maximum absolute atomic E-state index is 11.9. The van der Waals surface area contributed by atoms with Gasteiger partial charge in [-0.3, -0.25) is 0 Å². The molecule has 1 rings (SSSR count). The van der Waals surface area contributed by atoms with Crippen LogP contribution in [0.5, 0.6) is 0 Å². The minimum atomic E-state index is -3.82. The van der Waals surface area contributed by atoms with Crippen molar-refractivity contribution in [3.63, 3.8) is 0 Å². The monoisotopic (exact) mass is 301 g/mol. The van der Waals surface area contributed by atoms with Gasteiger partial charge in [-0.1, -0.05) is 32.9 Å². The maximum atomic E-state index is 11.9. The number of aliphatic hydroxyl groups is 1. The quantitative estimate of drug-likeness (QED) is 0.743. The average molecular weight is 301 g/mol. The number of benzene rings is 1. The number of hydrogen-bond donors (Lipinski definition) is 3. The Hall–Kier alpha value is -1.44. The largest absolute Gasteiger partial charge is 0.479 e. The van der Waals surface area contributed by atoms with E-state index < -0.39 is 28.6 Å². The lowest BCUT2D eigenvalue weighted by Gasteiger charge is -2.19. The van der Waals surface area contributed by atoms with Gasteiger partial charge in [-0.15, -0.1) is 0 Å². The molecule has 0 radical (unpaired) electrons. The molecule has 0 aliphatic heterocycles. The molecule has 0 amide bonds. The van der Waals surface area contributed by atoms with Crippen molar-refractivity contribution in [3.05, 3.63) is 29.8 Å². The second-order valence-electron chi connectivity index (χ2n) is 5.48. The fourth-order valence-corrected chi connectivity index (χ4v) is 2.53. The molecule has 0 bridgehead atoms. The second kappa shape index (κ2) is 5.90. The Morgan fingerprint density at radius 3 is 2.15 bits per heavy atom. The molecule has 0 unspecified atom stereocenters. The van der Waals surface area contributed by atoms with E-state index in [1.165, 1.54) is 12.1 Å². The van der Waals surface area contributed by atoms with Gasteiger partial charge < -0.3 is 10.2 Å². The molecule has 3 N–H and O–H groups in total. The Labute approximate surface area is 118 Å². The summed E-state index contributed by atoms with van der Waals surface area (Å²) in [6.45, 7) is 5.46. The van der Waals surface area contributed by atoms with E-state index in [0.29, 0.717) is 0 Å². The van der Waals surface area contributed by atoms with E-state index in [0.717, 1.165) is 5.56 Å². The molecule has 0 fully saturated rings. The smallest absolute Gasteiger partial charge is 0.333 e. The third-order valence-corrected chi connectivity index (χ3v) is 4.22. The van der Waals surface area contributed by atoms with Crippen LogP contribution in [0, 0.1) is 0 Å². The van der Waals surface area contributed by atoms with Crippen LogP contribution in [-0.4, -0.2) is 37.2 Å². The van der Waals surface area contributed by atoms with E-state index in [9.17, 15) is 13.2 Å². The summed E-state index contributed by atoms with van der Waals surface area (Å²) in [4.78, 5) is 10.5. The molecular weight excluding hydrogens is 282 g/mol. The van der Waals surface area contributed by atoms with Gasteiger partial charge in [-0.2, -0.15) is 0 Å². The Kier molecular flexibility index (Phi) is 4.90. The predicted octanol–water partition coefficient (Wildman–Crippen LogP) is 0.708. The Balaban J connectivity index is 2.86. The van der Waals surface area contributed by atoms with Crippen molar-refractivity contribution in [2.75, 3.05) is 6.54 Å². The first-order valence-corrected chi connectivity index (χ1v) is 7.53. The number of nitrogens with one attached hydrogen (secondary N) is 1. The summed E-state index contributed by atoms with van der Waals surface area (Å²) in [6, 6.07) is 6.33. The van der Waals surface area contributed by atoms with E-state index in [-0.39, 0.29) is 10.3 Å². The number of rotatable bonds is 5. The van der Waals surface area contributed by atoms with Crippen LogP contribution in [0.4, 0.5) is 0 Å². The minimum absolute atomic E-state index is 0.0306. The van der Waals surface area contributed by atoms with E-state index in [1.807, 2.05) is 20.8 Å². The van der Waals surface area contributed by atoms with Gasteiger partial charge in [-0.25, -0.2) is 17.9 Å². The van der Waals surface area contributed by atoms with E-state index in [2.05, 4.69) is 4.72 Å². The normalized spacial score (nSPS) is 14.0. The molecule has 6 nitrogen and oxygen atoms in total. The molecule has 0 heterocycles. The van der Waals surface area contributed by atoms with Crippen molar-refractivity contribution in [1.82, 2.24) is 4.72 Å². The van der Waals surface area contributed by atoms with Crippen LogP contribution >= 0.6 is 0 Å². The predicted molar refractivity (Wildman–Crippen MR) is 74.0 cm³/mol. The Bertz CT molecular complexity index is 572. The molecule has 0 aromatic heterocycles. The van der Waals surface area contributed by atoms with Crippen LogP contribution in [0.2, 0.25) is 0 Å². The number of sulfonamides is 1. The summed E-state index contributed by atoms with van der Waals surface area (Å²) >= 11 is 0. The van der Waals surface area contributed by atoms with Crippen molar-refractivity contribution < 1.29 is 23.4 Å². The third kappa shape index (κ3) is 4.29. The molecule has 1 aromatic rings. The highest BCUT2D eigenvalue weighted by Crippen LogP contribution is 2.23. The highest BCUT2D eigenvalue weighted by Gasteiger charge is 2.20. The number of hydrogen-bond acceptors (Lipinski definition) is 4. The van der Waals surface area contributed by atoms with Gasteiger partial charge in [0.15, 0.2) is 6.10 Å². The topological polar surface area (TPSA) is 104 Å². The van der Waals surface area contributed by atoms with E-state index in [4.69, 9.17) is 10.2 Å². The van der Waals surface area contributed by atoms with Gasteiger partial charge in [0.2, 0.25) is 10.0 Å². The lowest BCUT2D eigenvalue weighted by molar-refractivity contribution is -0.146. The highest BCUT2D eigenvalue weighted by atomic mass is 32.2. The second-order valence-corrected chi connectivity index (χ2v) is 7.25. The summed E-state index contributed by atoms with van der Waals surface area (Å²) in [5.74, 6) is -1.48. The van der Waals surface area contributed by atoms with Gasteiger partial charge in [-0.05, 0) is 23.1 Å². The fraction of sp³-hybridized carbons (Fsp3) is 0.462. The zero-order valence-electron chi connectivity index (χ0n) is 11.6. The van der Waals surface area contributed by atoms with Crippen molar-refractivity contribution in [2.24, 2.45) is 0 Å². The van der Waals surface area contributed by atoms with Crippen LogP contribution in [0.15, 0.2) is 29.2 Å². The van der Waals surface area contributed by atoms with Crippen molar-refractivity contribution >= 4 is 16.0 Å². The zero-order chi connectivity index (χ0) is 15.6. The molecule has 1 aromatic carbocycles. The fourth-order valence-electron chi connectivity index (χ4n) is 1.49. The summed E-state index contributed by atoms with van der Waals surface area (Å²) in [5, 5.41) is 17.6. The standard InChI is InChI=1S/C13H19NO5S/c1-13(2,3)9-4-6-10(7-5-9)20(18,19)14-8-11(15)12(16)17/h4-7,11,14-15H,8H2,1-3H3,(H,16,17)/t11-/m0/s1. The van der Waals surface area contributed by atoms with Gasteiger partial charge in [0, 0.05) is 6.54 Å². The van der Waals surface area contributed by atoms with Crippen molar-refractivity contribution in [2.45, 2.75) is 37.2 Å². The number of aliphatic hydroxyl groups excluding tert-OH is 1. The van der Waals surface area contributed by atoms with Gasteiger partial charge in [0.1, 0.15) is 0 Å². The summed E-state index contributed by atoms with van der Waals surface area (Å²) in [7, 11) is -3.82. The van der Waals surface area contributed by atoms with Gasteiger partial charge in [0.05, 0.1) is 4.90 Å². The summed E-state index contributed by atoms with van der Waals surface area (Å²) in [5.41, 5.74) is 0.900. The van der Waals surface area contributed by atoms with Crippen LogP contribution < -0.4 is 4.72 Å². The molecule has 0 aliphatic carbocycles. The molecule has 0 spiro atoms. The van der Waals surface area contributed by atoms with Crippen LogP contribution in [0.3, 0.4) is 0 Å². The first-order valence-electron chi connectivity index (χ1n) is 6.05. The zero-order valence-corrected chi connectivity index (χ0v) is 12.4. The molecule has 112 valence electrons. The first-order chi connectivity index (χ1) is 9.04. The number of carboxylic acids is 1. The minimum Gasteiger partial charge on any atom is -0.479 e. The molecule has 7 heteroatoms. The Morgan fingerprint density at radius 1 is 1.25 bits per heavy atom. The summed E-state index contributed by atoms with van der Waals surface area (Å²) < 4.78 is 25.9. The van der Waals surface area contributed by atoms with Crippen LogP contribution in [-0.2, 0) is 20.2 Å². The van der Waals surface area contributed by atoms with Crippen LogP contribution in [0.25, 0.3) is 0 Å². The molecule has 0 aliphatic rings. The Morgan fingerprint density at radius 2 is 1.75 bits per heavy atom. The summed E-state index contributed by atoms with van der Waals surface area (Å²) in [6.07, 6.45) is -1.77. The SMILES string of the molecule is CC(C)(C)c1ccc(S(=O)(=O)NC[C@H](O)C(=O)O)cc1. The molecule has 0 saturated carbocycles. The lowest BCUT2D eigenvalue weighted by atomic mass is 9.87. The highest BCUT2D eigenvalue weighted by molar-refractivity contribution is 7.89. The average Bonchev–Trinajstić information content (AvgIpc) is 2.35. The lowest BCUT2D eigenvalue weighted by Crippen LogP contribution is -2.36. The number of carboxylic acid groups (broad SMARTS) is 1. The van der Waals surface area contributed by atoms with Crippen LogP contribution in [0.1, 0.15) is 26.3 Å². The number of carbonyl (C=O) groups is 1. The maximum Gasteiger partial charge on any atom is 0.333 e. The molecular formula is C13H19NO5S. The first kappa shape index (κ1) is 16.6. The molecule has 0 saturated heterocycles. The van der Waals surface area contributed by atoms with Crippen molar-refractivity contribution in [1.29, 1.82) is 0 Å². The number of aliphatic carboxylic acids is 1. The van der Waals surface area contributed by atoms with Crippen molar-refractivity contribution in [3.8, 4) is 0 Å². The van der Waals surface area contributed by atoms with Gasteiger partial charge in [0.25, 0.3) is 0 Å². The third-order valence-electron chi connectivity index (χ3n) is 2.78. The van der Waals surface area contributed by atoms with E-state index >= 15 is 0 Å². The molecule has 1 atom stereocenters. The molecule has 20 heavy (non-hydrogen) atoms.